The van der Waals surface area contributed by atoms with E-state index in [0.717, 1.165) is 17.4 Å². The summed E-state index contributed by atoms with van der Waals surface area (Å²) in [5, 5.41) is 3.10. The monoisotopic (exact) mass is 436 g/mol. The van der Waals surface area contributed by atoms with Gasteiger partial charge in [0, 0.05) is 13.0 Å². The molecule has 0 spiro atoms. The molecule has 0 radical (unpaired) electrons. The number of nitrogens with one attached hydrogen (secondary N) is 1. The number of sulfonamides is 1. The van der Waals surface area contributed by atoms with E-state index < -0.39 is 16.1 Å². The van der Waals surface area contributed by atoms with Gasteiger partial charge < -0.3 is 10.1 Å². The van der Waals surface area contributed by atoms with Crippen molar-refractivity contribution in [2.24, 2.45) is 0 Å². The van der Waals surface area contributed by atoms with Crippen molar-refractivity contribution in [3.05, 3.63) is 96.1 Å². The molecule has 31 heavy (non-hydrogen) atoms. The maximum absolute atomic E-state index is 13.3. The van der Waals surface area contributed by atoms with Gasteiger partial charge in [-0.05, 0) is 23.3 Å². The van der Waals surface area contributed by atoms with Crippen LogP contribution in [0.2, 0.25) is 0 Å². The summed E-state index contributed by atoms with van der Waals surface area (Å²) in [5.41, 5.74) is 2.35. The summed E-state index contributed by atoms with van der Waals surface area (Å²) in [6.07, 6.45) is 0.581. The van der Waals surface area contributed by atoms with Crippen molar-refractivity contribution in [3.8, 4) is 5.75 Å². The normalized spacial score (nSPS) is 16.2. The number of ether oxygens (including phenoxy) is 1. The van der Waals surface area contributed by atoms with E-state index in [1.54, 1.807) is 24.3 Å². The Hall–Kier alpha value is -3.32. The highest BCUT2D eigenvalue weighted by Crippen LogP contribution is 2.34. The van der Waals surface area contributed by atoms with E-state index in [1.165, 1.54) is 4.31 Å². The predicted octanol–water partition coefficient (Wildman–Crippen LogP) is 3.51. The Morgan fingerprint density at radius 3 is 2.06 bits per heavy atom. The lowest BCUT2D eigenvalue weighted by molar-refractivity contribution is -0.128. The average molecular weight is 437 g/mol. The zero-order chi connectivity index (χ0) is 21.8. The number of fused-ring (bicyclic) bond motifs is 1. The third-order valence-electron chi connectivity index (χ3n) is 5.24. The number of hydrogen-bond donors (Lipinski definition) is 1. The molecule has 0 fully saturated rings. The summed E-state index contributed by atoms with van der Waals surface area (Å²) in [7, 11) is -3.50. The van der Waals surface area contributed by atoms with Gasteiger partial charge in [-0.3, -0.25) is 9.10 Å². The molecule has 1 atom stereocenters. The fourth-order valence-corrected chi connectivity index (χ4v) is 4.69. The number of hydrogen-bond acceptors (Lipinski definition) is 4. The van der Waals surface area contributed by atoms with E-state index in [0.29, 0.717) is 11.4 Å². The predicted molar refractivity (Wildman–Crippen MR) is 121 cm³/mol. The Morgan fingerprint density at radius 1 is 0.935 bits per heavy atom. The van der Waals surface area contributed by atoms with Crippen LogP contribution in [0.3, 0.4) is 0 Å². The molecule has 1 aliphatic heterocycles. The average Bonchev–Trinajstić information content (AvgIpc) is 2.98. The highest BCUT2D eigenvalue weighted by atomic mass is 32.2. The van der Waals surface area contributed by atoms with E-state index >= 15 is 0 Å². The molecular formula is C24H24N2O4S. The van der Waals surface area contributed by atoms with Gasteiger partial charge in [0.1, 0.15) is 5.75 Å². The lowest BCUT2D eigenvalue weighted by atomic mass is 9.98. The maximum atomic E-state index is 13.3. The molecule has 7 heteroatoms. The zero-order valence-corrected chi connectivity index (χ0v) is 18.0. The van der Waals surface area contributed by atoms with E-state index in [4.69, 9.17) is 4.74 Å². The van der Waals surface area contributed by atoms with Gasteiger partial charge in [0.25, 0.3) is 5.91 Å². The minimum atomic E-state index is -3.50. The largest absolute Gasteiger partial charge is 0.478 e. The summed E-state index contributed by atoms with van der Waals surface area (Å²) in [4.78, 5) is 13.3. The van der Waals surface area contributed by atoms with Gasteiger partial charge in [-0.25, -0.2) is 8.42 Å². The topological polar surface area (TPSA) is 75.7 Å². The molecule has 1 heterocycles. The molecule has 0 saturated carbocycles. The number of para-hydroxylation sites is 2. The lowest BCUT2D eigenvalue weighted by Gasteiger charge is -2.23. The van der Waals surface area contributed by atoms with Crippen LogP contribution in [0.4, 0.5) is 5.69 Å². The minimum absolute atomic E-state index is 0.162. The van der Waals surface area contributed by atoms with Crippen LogP contribution in [0, 0.1) is 0 Å². The number of benzene rings is 3. The highest BCUT2D eigenvalue weighted by molar-refractivity contribution is 7.92. The van der Waals surface area contributed by atoms with Crippen molar-refractivity contribution in [2.45, 2.75) is 18.6 Å². The molecule has 0 bridgehead atoms. The smallest absolute Gasteiger partial charge is 0.261 e. The first-order chi connectivity index (χ1) is 14.9. The fourth-order valence-electron chi connectivity index (χ4n) is 3.74. The van der Waals surface area contributed by atoms with Gasteiger partial charge in [-0.15, -0.1) is 0 Å². The van der Waals surface area contributed by atoms with Crippen molar-refractivity contribution in [1.29, 1.82) is 0 Å². The number of carbonyl (C=O) groups excluding carboxylic acids is 1. The van der Waals surface area contributed by atoms with E-state index in [1.807, 2.05) is 60.7 Å². The van der Waals surface area contributed by atoms with Crippen molar-refractivity contribution in [1.82, 2.24) is 5.32 Å². The second-order valence-electron chi connectivity index (χ2n) is 7.46. The third kappa shape index (κ3) is 4.72. The van der Waals surface area contributed by atoms with E-state index in [9.17, 15) is 13.2 Å². The summed E-state index contributed by atoms with van der Waals surface area (Å²) in [5.74, 6) is 0.0874. The summed E-state index contributed by atoms with van der Waals surface area (Å²) >= 11 is 0. The lowest BCUT2D eigenvalue weighted by Crippen LogP contribution is -2.41. The Balaban J connectivity index is 1.62. The summed E-state index contributed by atoms with van der Waals surface area (Å²) in [6, 6.07) is 26.0. The Morgan fingerprint density at radius 2 is 1.48 bits per heavy atom. The molecule has 6 nitrogen and oxygen atoms in total. The Bertz CT molecular complexity index is 1110. The first-order valence-electron chi connectivity index (χ1n) is 10.1. The fraction of sp³-hybridized carbons (Fsp3) is 0.208. The second-order valence-corrected chi connectivity index (χ2v) is 9.37. The van der Waals surface area contributed by atoms with Gasteiger partial charge in [0.2, 0.25) is 10.0 Å². The van der Waals surface area contributed by atoms with Crippen LogP contribution in [0.5, 0.6) is 5.75 Å². The van der Waals surface area contributed by atoms with Crippen LogP contribution in [0.15, 0.2) is 84.9 Å². The molecule has 1 N–H and O–H groups in total. The molecule has 4 rings (SSSR count). The van der Waals surface area contributed by atoms with Crippen molar-refractivity contribution in [2.75, 3.05) is 17.1 Å². The SMILES string of the molecule is CS(=O)(=O)N1CC[C@@H](C(=O)NC(c2ccccc2)c2ccccc2)Oc2ccccc21. The van der Waals surface area contributed by atoms with E-state index in [2.05, 4.69) is 5.32 Å². The highest BCUT2D eigenvalue weighted by Gasteiger charge is 2.32. The van der Waals surface area contributed by atoms with Gasteiger partial charge in [-0.2, -0.15) is 0 Å². The zero-order valence-electron chi connectivity index (χ0n) is 17.1. The molecular weight excluding hydrogens is 412 g/mol. The van der Waals surface area contributed by atoms with Crippen molar-refractivity contribution >= 4 is 21.6 Å². The van der Waals surface area contributed by atoms with Crippen molar-refractivity contribution < 1.29 is 17.9 Å². The standard InChI is InChI=1S/C24H24N2O4S/c1-31(28,29)26-17-16-22(30-21-15-9-8-14-20(21)26)24(27)25-23(18-10-4-2-5-11-18)19-12-6-3-7-13-19/h2-15,22-23H,16-17H2,1H3,(H,25,27)/t22-/m0/s1. The van der Waals surface area contributed by atoms with Gasteiger partial charge in [0.15, 0.2) is 6.10 Å². The van der Waals surface area contributed by atoms with Crippen molar-refractivity contribution in [3.63, 3.8) is 0 Å². The first-order valence-corrected chi connectivity index (χ1v) is 11.9. The minimum Gasteiger partial charge on any atom is -0.478 e. The second kappa shape index (κ2) is 8.81. The number of amides is 1. The molecule has 0 unspecified atom stereocenters. The van der Waals surface area contributed by atoms with Gasteiger partial charge >= 0.3 is 0 Å². The molecule has 0 aromatic heterocycles. The van der Waals surface area contributed by atoms with Crippen LogP contribution in [-0.4, -0.2) is 33.2 Å². The van der Waals surface area contributed by atoms with E-state index in [-0.39, 0.29) is 24.9 Å². The molecule has 3 aromatic rings. The quantitative estimate of drug-likeness (QED) is 0.664. The van der Waals surface area contributed by atoms with Crippen LogP contribution in [0.25, 0.3) is 0 Å². The summed E-state index contributed by atoms with van der Waals surface area (Å²) < 4.78 is 31.9. The maximum Gasteiger partial charge on any atom is 0.261 e. The molecule has 0 aliphatic carbocycles. The van der Waals surface area contributed by atoms with Crippen LogP contribution in [0.1, 0.15) is 23.6 Å². The van der Waals surface area contributed by atoms with Crippen LogP contribution in [-0.2, 0) is 14.8 Å². The molecule has 1 amide bonds. The van der Waals surface area contributed by atoms with Crippen LogP contribution >= 0.6 is 0 Å². The Labute approximate surface area is 182 Å². The molecule has 3 aromatic carbocycles. The number of carbonyl (C=O) groups is 1. The number of rotatable bonds is 5. The first kappa shape index (κ1) is 20.9. The van der Waals surface area contributed by atoms with Gasteiger partial charge in [-0.1, -0.05) is 72.8 Å². The van der Waals surface area contributed by atoms with Crippen LogP contribution < -0.4 is 14.4 Å². The molecule has 1 aliphatic rings. The Kier molecular flexibility index (Phi) is 5.95. The molecule has 0 saturated heterocycles. The molecule has 160 valence electrons. The summed E-state index contributed by atoms with van der Waals surface area (Å²) in [6.45, 7) is 0.162. The third-order valence-corrected chi connectivity index (χ3v) is 6.42. The number of anilines is 1. The van der Waals surface area contributed by atoms with Gasteiger partial charge in [0.05, 0.1) is 18.0 Å². The number of nitrogens with zero attached hydrogens (tertiary/aromatic N) is 1.